The Balaban J connectivity index is 2.00. The lowest BCUT2D eigenvalue weighted by atomic mass is 10.2. The molecule has 0 saturated heterocycles. The van der Waals surface area contributed by atoms with Crippen molar-refractivity contribution in [3.63, 3.8) is 0 Å². The minimum Gasteiger partial charge on any atom is -0.349 e. The predicted molar refractivity (Wildman–Crippen MR) is 78.7 cm³/mol. The lowest BCUT2D eigenvalue weighted by Gasteiger charge is -2.13. The van der Waals surface area contributed by atoms with Gasteiger partial charge in [0.15, 0.2) is 0 Å². The van der Waals surface area contributed by atoms with E-state index in [4.69, 9.17) is 0 Å². The van der Waals surface area contributed by atoms with E-state index in [1.165, 1.54) is 6.33 Å². The zero-order chi connectivity index (χ0) is 13.7. The van der Waals surface area contributed by atoms with Gasteiger partial charge in [-0.05, 0) is 27.4 Å². The molecule has 100 valence electrons. The highest BCUT2D eigenvalue weighted by Gasteiger charge is 2.26. The fraction of sp³-hybridized carbons (Fsp3) is 0.167. The van der Waals surface area contributed by atoms with Gasteiger partial charge >= 0.3 is 0 Å². The monoisotopic (exact) mass is 349 g/mol. The number of nitrogens with zero attached hydrogens (tertiary/aromatic N) is 4. The number of hydrogen-bond donors (Lipinski definition) is 1. The molecule has 1 amide bonds. The third-order valence-electron chi connectivity index (χ3n) is 3.20. The Bertz CT molecular complexity index is 840. The van der Waals surface area contributed by atoms with Crippen molar-refractivity contribution in [3.8, 4) is 11.4 Å². The van der Waals surface area contributed by atoms with E-state index in [1.54, 1.807) is 16.0 Å². The number of carbonyl (C=O) groups is 1. The first kappa shape index (κ1) is 12.0. The summed E-state index contributed by atoms with van der Waals surface area (Å²) in [5.74, 6) is -0.113. The molecule has 3 aromatic rings. The van der Waals surface area contributed by atoms with Crippen molar-refractivity contribution in [2.45, 2.75) is 6.54 Å². The number of thiophene rings is 1. The highest BCUT2D eigenvalue weighted by Crippen LogP contribution is 2.34. The number of aromatic nitrogens is 4. The van der Waals surface area contributed by atoms with Gasteiger partial charge in [-0.15, -0.1) is 11.3 Å². The summed E-state index contributed by atoms with van der Waals surface area (Å²) in [6, 6.07) is 1.97. The highest BCUT2D eigenvalue weighted by molar-refractivity contribution is 9.10. The van der Waals surface area contributed by atoms with Crippen LogP contribution in [-0.4, -0.2) is 32.2 Å². The molecule has 0 radical (unpaired) electrons. The normalized spacial score (nSPS) is 14.3. The first-order valence-corrected chi connectivity index (χ1v) is 7.66. The van der Waals surface area contributed by atoms with Gasteiger partial charge in [-0.1, -0.05) is 0 Å². The summed E-state index contributed by atoms with van der Waals surface area (Å²) in [6.07, 6.45) is 1.53. The van der Waals surface area contributed by atoms with Gasteiger partial charge in [-0.25, -0.2) is 9.97 Å². The van der Waals surface area contributed by atoms with Gasteiger partial charge in [0, 0.05) is 11.9 Å². The maximum absolute atomic E-state index is 11.9. The van der Waals surface area contributed by atoms with Crippen LogP contribution >= 0.6 is 27.3 Å². The molecule has 0 bridgehead atoms. The summed E-state index contributed by atoms with van der Waals surface area (Å²) < 4.78 is 2.40. The Hall–Kier alpha value is -1.80. The number of fused-ring (bicyclic) bond motifs is 2. The molecule has 3 aromatic heterocycles. The Labute approximate surface area is 126 Å². The van der Waals surface area contributed by atoms with Crippen molar-refractivity contribution < 1.29 is 4.79 Å². The lowest BCUT2D eigenvalue weighted by Crippen LogP contribution is -2.35. The van der Waals surface area contributed by atoms with Gasteiger partial charge < -0.3 is 5.32 Å². The van der Waals surface area contributed by atoms with Crippen LogP contribution in [0.4, 0.5) is 0 Å². The Morgan fingerprint density at radius 2 is 2.25 bits per heavy atom. The van der Waals surface area contributed by atoms with Gasteiger partial charge in [-0.3, -0.25) is 9.48 Å². The minimum atomic E-state index is -0.113. The molecule has 4 heterocycles. The molecule has 0 aromatic carbocycles. The predicted octanol–water partition coefficient (Wildman–Crippen LogP) is 2.06. The highest BCUT2D eigenvalue weighted by atomic mass is 79.9. The summed E-state index contributed by atoms with van der Waals surface area (Å²) in [5.41, 5.74) is 1.98. The summed E-state index contributed by atoms with van der Waals surface area (Å²) in [4.78, 5) is 21.4. The molecule has 0 saturated carbocycles. The molecular formula is C12H8BrN5OS. The maximum Gasteiger partial charge on any atom is 0.270 e. The van der Waals surface area contributed by atoms with E-state index < -0.39 is 0 Å². The molecule has 1 aliphatic heterocycles. The quantitative estimate of drug-likeness (QED) is 0.729. The Morgan fingerprint density at radius 1 is 1.35 bits per heavy atom. The van der Waals surface area contributed by atoms with Crippen LogP contribution in [0.15, 0.2) is 22.2 Å². The van der Waals surface area contributed by atoms with E-state index in [1.807, 2.05) is 11.4 Å². The second kappa shape index (κ2) is 4.35. The second-order valence-electron chi connectivity index (χ2n) is 4.35. The first-order valence-electron chi connectivity index (χ1n) is 5.99. The maximum atomic E-state index is 11.9. The van der Waals surface area contributed by atoms with Crippen LogP contribution in [0.5, 0.6) is 0 Å². The van der Waals surface area contributed by atoms with Crippen LogP contribution in [0.2, 0.25) is 0 Å². The molecule has 0 spiro atoms. The molecule has 0 unspecified atom stereocenters. The van der Waals surface area contributed by atoms with Crippen molar-refractivity contribution in [1.29, 1.82) is 0 Å². The van der Waals surface area contributed by atoms with Crippen LogP contribution in [-0.2, 0) is 6.54 Å². The average Bonchev–Trinajstić information content (AvgIpc) is 3.04. The largest absolute Gasteiger partial charge is 0.349 e. The Kier molecular flexibility index (Phi) is 2.61. The van der Waals surface area contributed by atoms with E-state index in [0.717, 1.165) is 15.9 Å². The summed E-state index contributed by atoms with van der Waals surface area (Å²) >= 11 is 5.04. The number of halogens is 1. The number of nitrogens with one attached hydrogen (secondary N) is 1. The molecule has 1 aliphatic rings. The number of carbonyl (C=O) groups excluding carboxylic acids is 1. The second-order valence-corrected chi connectivity index (χ2v) is 6.04. The topological polar surface area (TPSA) is 72.7 Å². The van der Waals surface area contributed by atoms with E-state index in [0.29, 0.717) is 29.0 Å². The number of hydrogen-bond acceptors (Lipinski definition) is 5. The van der Waals surface area contributed by atoms with Crippen molar-refractivity contribution in [3.05, 3.63) is 27.9 Å². The molecule has 8 heteroatoms. The first-order chi connectivity index (χ1) is 9.75. The molecular weight excluding hydrogens is 342 g/mol. The third-order valence-corrected chi connectivity index (χ3v) is 4.78. The summed E-state index contributed by atoms with van der Waals surface area (Å²) in [6.45, 7) is 1.26. The molecule has 0 atom stereocenters. The molecule has 0 fully saturated rings. The van der Waals surface area contributed by atoms with Crippen molar-refractivity contribution >= 4 is 43.4 Å². The van der Waals surface area contributed by atoms with Gasteiger partial charge in [-0.2, -0.15) is 5.10 Å². The van der Waals surface area contributed by atoms with Gasteiger partial charge in [0.25, 0.3) is 5.91 Å². The van der Waals surface area contributed by atoms with Crippen LogP contribution in [0.25, 0.3) is 21.6 Å². The fourth-order valence-electron chi connectivity index (χ4n) is 2.31. The molecule has 1 N–H and O–H groups in total. The molecule has 0 aliphatic carbocycles. The lowest BCUT2D eigenvalue weighted by molar-refractivity contribution is 0.0923. The zero-order valence-electron chi connectivity index (χ0n) is 10.1. The zero-order valence-corrected chi connectivity index (χ0v) is 12.5. The fourth-order valence-corrected chi connectivity index (χ4v) is 3.69. The Morgan fingerprint density at radius 3 is 3.10 bits per heavy atom. The van der Waals surface area contributed by atoms with Crippen molar-refractivity contribution in [2.75, 3.05) is 6.54 Å². The van der Waals surface area contributed by atoms with Crippen LogP contribution in [0.1, 0.15) is 10.5 Å². The van der Waals surface area contributed by atoms with E-state index in [-0.39, 0.29) is 5.91 Å². The molecule has 6 nitrogen and oxygen atoms in total. The molecule has 20 heavy (non-hydrogen) atoms. The van der Waals surface area contributed by atoms with E-state index in [2.05, 4.69) is 36.3 Å². The summed E-state index contributed by atoms with van der Waals surface area (Å²) in [5, 5.41) is 10.3. The summed E-state index contributed by atoms with van der Waals surface area (Å²) in [7, 11) is 0. The van der Waals surface area contributed by atoms with Crippen molar-refractivity contribution in [2.24, 2.45) is 0 Å². The van der Waals surface area contributed by atoms with Gasteiger partial charge in [0.2, 0.25) is 0 Å². The van der Waals surface area contributed by atoms with Crippen LogP contribution in [0, 0.1) is 0 Å². The van der Waals surface area contributed by atoms with Gasteiger partial charge in [0.05, 0.1) is 11.0 Å². The van der Waals surface area contributed by atoms with E-state index >= 15 is 0 Å². The van der Waals surface area contributed by atoms with Crippen LogP contribution in [0.3, 0.4) is 0 Å². The van der Waals surface area contributed by atoms with E-state index in [9.17, 15) is 4.79 Å². The molecule has 4 rings (SSSR count). The average molecular weight is 350 g/mol. The minimum absolute atomic E-state index is 0.113. The van der Waals surface area contributed by atoms with Gasteiger partial charge in [0.1, 0.15) is 28.2 Å². The number of amides is 1. The smallest absolute Gasteiger partial charge is 0.270 e. The van der Waals surface area contributed by atoms with Crippen molar-refractivity contribution in [1.82, 2.24) is 25.1 Å². The standard InChI is InChI=1S/C12H8BrN5OS/c13-7-9(17-18-3-2-14-11(19)10(7)18)8-6-1-4-20-12(6)16-5-15-8/h1,4-5H,2-3H2,(H,14,19). The number of rotatable bonds is 1. The third kappa shape index (κ3) is 1.61. The van der Waals surface area contributed by atoms with Crippen LogP contribution < -0.4 is 5.32 Å². The SMILES string of the molecule is O=C1NCCn2nc(-c3ncnc4sccc34)c(Br)c21.